The van der Waals surface area contributed by atoms with Crippen molar-refractivity contribution in [3.05, 3.63) is 57.6 Å². The minimum atomic E-state index is -3.97. The number of aryl methyl sites for hydroxylation is 2. The fraction of sp³-hybridized carbons (Fsp3) is 0.368. The number of hydrogen-bond donors (Lipinski definition) is 2. The number of nitro groups is 1. The van der Waals surface area contributed by atoms with E-state index in [-0.39, 0.29) is 10.6 Å². The Morgan fingerprint density at radius 2 is 1.82 bits per heavy atom. The van der Waals surface area contributed by atoms with Crippen molar-refractivity contribution in [2.75, 3.05) is 22.7 Å². The predicted octanol–water partition coefficient (Wildman–Crippen LogP) is 2.97. The molecule has 0 bridgehead atoms. The lowest BCUT2D eigenvalue weighted by atomic mass is 10.1. The molecule has 1 heterocycles. The maximum Gasteiger partial charge on any atom is 0.293 e. The van der Waals surface area contributed by atoms with Crippen molar-refractivity contribution in [3.63, 3.8) is 0 Å². The molecule has 2 N–H and O–H groups in total. The number of aliphatic hydroxyl groups excluding tert-OH is 1. The van der Waals surface area contributed by atoms with E-state index in [0.29, 0.717) is 37.3 Å². The van der Waals surface area contributed by atoms with Crippen LogP contribution in [0.2, 0.25) is 0 Å². The molecule has 0 aliphatic carbocycles. The molecule has 1 aliphatic rings. The number of nitrogens with one attached hydrogen (secondary N) is 1. The lowest BCUT2D eigenvalue weighted by Crippen LogP contribution is -2.36. The lowest BCUT2D eigenvalue weighted by molar-refractivity contribution is -0.384. The van der Waals surface area contributed by atoms with Crippen molar-refractivity contribution in [1.29, 1.82) is 0 Å². The Morgan fingerprint density at radius 1 is 1.14 bits per heavy atom. The zero-order valence-electron chi connectivity index (χ0n) is 15.8. The van der Waals surface area contributed by atoms with Gasteiger partial charge in [-0.25, -0.2) is 8.42 Å². The topological polar surface area (TPSA) is 113 Å². The first-order valence-electron chi connectivity index (χ1n) is 8.99. The van der Waals surface area contributed by atoms with Crippen LogP contribution in [0, 0.1) is 24.0 Å². The van der Waals surface area contributed by atoms with Crippen LogP contribution >= 0.6 is 0 Å². The average Bonchev–Trinajstić information content (AvgIpc) is 2.64. The van der Waals surface area contributed by atoms with Gasteiger partial charge in [-0.1, -0.05) is 17.7 Å². The third-order valence-corrected chi connectivity index (χ3v) is 6.25. The molecule has 1 saturated heterocycles. The van der Waals surface area contributed by atoms with Gasteiger partial charge in [-0.15, -0.1) is 0 Å². The highest BCUT2D eigenvalue weighted by Gasteiger charge is 2.27. The molecule has 0 amide bonds. The van der Waals surface area contributed by atoms with E-state index in [1.807, 2.05) is 13.0 Å². The molecule has 1 aliphatic heterocycles. The van der Waals surface area contributed by atoms with Crippen LogP contribution in [0.15, 0.2) is 41.3 Å². The van der Waals surface area contributed by atoms with Gasteiger partial charge in [0.25, 0.3) is 15.7 Å². The second kappa shape index (κ2) is 7.76. The quantitative estimate of drug-likeness (QED) is 0.584. The highest BCUT2D eigenvalue weighted by atomic mass is 32.2. The summed E-state index contributed by atoms with van der Waals surface area (Å²) in [6.07, 6.45) is 0.633. The monoisotopic (exact) mass is 405 g/mol. The molecular formula is C19H23N3O5S. The van der Waals surface area contributed by atoms with Gasteiger partial charge in [0.1, 0.15) is 5.69 Å². The molecule has 9 heteroatoms. The van der Waals surface area contributed by atoms with Gasteiger partial charge in [0.15, 0.2) is 0 Å². The number of sulfonamides is 1. The number of aliphatic hydroxyl groups is 1. The highest BCUT2D eigenvalue weighted by Crippen LogP contribution is 2.33. The number of piperidine rings is 1. The first kappa shape index (κ1) is 20.1. The van der Waals surface area contributed by atoms with E-state index in [4.69, 9.17) is 0 Å². The van der Waals surface area contributed by atoms with E-state index in [9.17, 15) is 23.6 Å². The Hall–Kier alpha value is -2.65. The van der Waals surface area contributed by atoms with Gasteiger partial charge >= 0.3 is 0 Å². The first-order chi connectivity index (χ1) is 13.2. The summed E-state index contributed by atoms with van der Waals surface area (Å²) in [6, 6.07) is 9.25. The SMILES string of the molecule is Cc1ccc(NS(=O)(=O)c2ccc(N3CCC(O)CC3)c([N+](=O)[O-])c2)c(C)c1. The summed E-state index contributed by atoms with van der Waals surface area (Å²) in [6.45, 7) is 4.66. The molecule has 3 rings (SSSR count). The zero-order chi connectivity index (χ0) is 20.5. The molecule has 2 aromatic carbocycles. The lowest BCUT2D eigenvalue weighted by Gasteiger charge is -2.31. The summed E-state index contributed by atoms with van der Waals surface area (Å²) in [5.74, 6) is 0. The molecule has 0 aromatic heterocycles. The number of anilines is 2. The standard InChI is InChI=1S/C19H23N3O5S/c1-13-3-5-17(14(2)11-13)20-28(26,27)16-4-6-18(19(12-16)22(24)25)21-9-7-15(23)8-10-21/h3-6,11-12,15,20,23H,7-10H2,1-2H3. The molecule has 0 saturated carbocycles. The molecule has 1 fully saturated rings. The van der Waals surface area contributed by atoms with Gasteiger partial charge in [0, 0.05) is 19.2 Å². The van der Waals surface area contributed by atoms with Gasteiger partial charge in [0.2, 0.25) is 0 Å². The van der Waals surface area contributed by atoms with Crippen molar-refractivity contribution in [1.82, 2.24) is 0 Å². The molecule has 0 radical (unpaired) electrons. The van der Waals surface area contributed by atoms with E-state index in [2.05, 4.69) is 4.72 Å². The molecule has 2 aromatic rings. The maximum atomic E-state index is 12.8. The normalized spacial score (nSPS) is 15.5. The first-order valence-corrected chi connectivity index (χ1v) is 10.5. The van der Waals surface area contributed by atoms with E-state index in [1.165, 1.54) is 12.1 Å². The summed E-state index contributed by atoms with van der Waals surface area (Å²) in [5.41, 5.74) is 2.30. The number of nitro benzene ring substituents is 1. The van der Waals surface area contributed by atoms with Crippen molar-refractivity contribution >= 4 is 27.1 Å². The summed E-state index contributed by atoms with van der Waals surface area (Å²) >= 11 is 0. The van der Waals surface area contributed by atoms with E-state index in [1.54, 1.807) is 24.0 Å². The van der Waals surface area contributed by atoms with Crippen molar-refractivity contribution in [2.24, 2.45) is 0 Å². The Bertz CT molecular complexity index is 999. The smallest absolute Gasteiger partial charge is 0.293 e. The Labute approximate surface area is 164 Å². The second-order valence-electron chi connectivity index (χ2n) is 7.05. The van der Waals surface area contributed by atoms with Crippen LogP contribution in [0.3, 0.4) is 0 Å². The molecule has 0 atom stereocenters. The van der Waals surface area contributed by atoms with Crippen LogP contribution < -0.4 is 9.62 Å². The van der Waals surface area contributed by atoms with Crippen molar-refractivity contribution in [2.45, 2.75) is 37.7 Å². The number of hydrogen-bond acceptors (Lipinski definition) is 6. The summed E-state index contributed by atoms with van der Waals surface area (Å²) < 4.78 is 28.0. The molecule has 8 nitrogen and oxygen atoms in total. The van der Waals surface area contributed by atoms with Crippen LogP contribution in [0.1, 0.15) is 24.0 Å². The number of nitrogens with zero attached hydrogens (tertiary/aromatic N) is 2. The van der Waals surface area contributed by atoms with Crippen molar-refractivity contribution < 1.29 is 18.4 Å². The largest absolute Gasteiger partial charge is 0.393 e. The molecule has 0 spiro atoms. The molecular weight excluding hydrogens is 382 g/mol. The number of benzene rings is 2. The van der Waals surface area contributed by atoms with Gasteiger partial charge < -0.3 is 10.0 Å². The number of rotatable bonds is 5. The summed E-state index contributed by atoms with van der Waals surface area (Å²) in [5, 5.41) is 21.2. The summed E-state index contributed by atoms with van der Waals surface area (Å²) in [7, 11) is -3.97. The average molecular weight is 405 g/mol. The molecule has 0 unspecified atom stereocenters. The Morgan fingerprint density at radius 3 is 2.43 bits per heavy atom. The maximum absolute atomic E-state index is 12.8. The zero-order valence-corrected chi connectivity index (χ0v) is 16.6. The molecule has 28 heavy (non-hydrogen) atoms. The van der Waals surface area contributed by atoms with Crippen LogP contribution in [-0.2, 0) is 10.0 Å². The van der Waals surface area contributed by atoms with Crippen LogP contribution in [-0.4, -0.2) is 37.6 Å². The fourth-order valence-corrected chi connectivity index (χ4v) is 4.47. The third kappa shape index (κ3) is 4.26. The van der Waals surface area contributed by atoms with E-state index in [0.717, 1.165) is 17.2 Å². The summed E-state index contributed by atoms with van der Waals surface area (Å²) in [4.78, 5) is 12.6. The fourth-order valence-electron chi connectivity index (χ4n) is 3.32. The Kier molecular flexibility index (Phi) is 5.57. The Balaban J connectivity index is 1.93. The van der Waals surface area contributed by atoms with Crippen LogP contribution in [0.25, 0.3) is 0 Å². The second-order valence-corrected chi connectivity index (χ2v) is 8.73. The molecule has 150 valence electrons. The third-order valence-electron chi connectivity index (χ3n) is 4.89. The van der Waals surface area contributed by atoms with Crippen LogP contribution in [0.5, 0.6) is 0 Å². The predicted molar refractivity (Wildman–Crippen MR) is 107 cm³/mol. The minimum Gasteiger partial charge on any atom is -0.393 e. The van der Waals surface area contributed by atoms with E-state index < -0.39 is 21.1 Å². The van der Waals surface area contributed by atoms with Crippen molar-refractivity contribution in [3.8, 4) is 0 Å². The highest BCUT2D eigenvalue weighted by molar-refractivity contribution is 7.92. The van der Waals surface area contributed by atoms with Crippen LogP contribution in [0.4, 0.5) is 17.1 Å². The van der Waals surface area contributed by atoms with Gasteiger partial charge in [-0.05, 0) is 50.5 Å². The van der Waals surface area contributed by atoms with Gasteiger partial charge in [-0.2, -0.15) is 0 Å². The minimum absolute atomic E-state index is 0.167. The van der Waals surface area contributed by atoms with Gasteiger partial charge in [-0.3, -0.25) is 14.8 Å². The van der Waals surface area contributed by atoms with E-state index >= 15 is 0 Å². The van der Waals surface area contributed by atoms with Gasteiger partial charge in [0.05, 0.1) is 21.6 Å².